The molecular formula is C37H56N8O12. The molecule has 0 unspecified atom stereocenters. The van der Waals surface area contributed by atoms with Crippen LogP contribution in [-0.2, 0) is 49.6 Å². The van der Waals surface area contributed by atoms with Crippen LogP contribution >= 0.6 is 0 Å². The molecule has 1 aliphatic rings. The average Bonchev–Trinajstić information content (AvgIpc) is 3.64. The van der Waals surface area contributed by atoms with Gasteiger partial charge in [0.1, 0.15) is 36.3 Å². The number of nitrogens with one attached hydrogen (secondary N) is 5. The quantitative estimate of drug-likeness (QED) is 0.0547. The summed E-state index contributed by atoms with van der Waals surface area (Å²) in [5.41, 5.74) is 11.7. The molecule has 1 fully saturated rings. The topological polar surface area (TPSA) is 330 Å². The molecule has 0 saturated carbocycles. The molecule has 0 radical (unpaired) electrons. The van der Waals surface area contributed by atoms with Crippen molar-refractivity contribution in [2.75, 3.05) is 13.2 Å². The van der Waals surface area contributed by atoms with Crippen LogP contribution in [0.3, 0.4) is 0 Å². The summed E-state index contributed by atoms with van der Waals surface area (Å²) in [6.45, 7) is 5.92. The molecule has 0 spiro atoms. The molecular weight excluding hydrogens is 748 g/mol. The predicted molar refractivity (Wildman–Crippen MR) is 202 cm³/mol. The van der Waals surface area contributed by atoms with Gasteiger partial charge in [0.15, 0.2) is 0 Å². The number of benzene rings is 1. The third-order valence-corrected chi connectivity index (χ3v) is 9.16. The van der Waals surface area contributed by atoms with E-state index in [0.29, 0.717) is 12.0 Å². The van der Waals surface area contributed by atoms with E-state index in [1.54, 1.807) is 58.0 Å². The number of likely N-dealkylation sites (tertiary alicyclic amines) is 1. The van der Waals surface area contributed by atoms with Crippen molar-refractivity contribution in [1.29, 1.82) is 0 Å². The Morgan fingerprint density at radius 3 is 1.88 bits per heavy atom. The largest absolute Gasteiger partial charge is 0.481 e. The summed E-state index contributed by atoms with van der Waals surface area (Å²) >= 11 is 0. The van der Waals surface area contributed by atoms with E-state index >= 15 is 0 Å². The Labute approximate surface area is 330 Å². The predicted octanol–water partition coefficient (Wildman–Crippen LogP) is -2.51. The van der Waals surface area contributed by atoms with Crippen molar-refractivity contribution < 1.29 is 58.5 Å². The first-order valence-corrected chi connectivity index (χ1v) is 18.7. The molecule has 1 aliphatic heterocycles. The van der Waals surface area contributed by atoms with Crippen LogP contribution in [0.4, 0.5) is 0 Å². The zero-order valence-corrected chi connectivity index (χ0v) is 32.6. The Morgan fingerprint density at radius 1 is 0.772 bits per heavy atom. The number of aliphatic carboxylic acids is 2. The number of hydrogen-bond acceptors (Lipinski definition) is 11. The van der Waals surface area contributed by atoms with E-state index in [2.05, 4.69) is 26.6 Å². The number of hydrogen-bond donors (Lipinski definition) is 10. The lowest BCUT2D eigenvalue weighted by atomic mass is 9.99. The molecule has 0 aromatic heterocycles. The van der Waals surface area contributed by atoms with Gasteiger partial charge in [-0.3, -0.25) is 38.4 Å². The summed E-state index contributed by atoms with van der Waals surface area (Å²) in [7, 11) is 0. The fourth-order valence-electron chi connectivity index (χ4n) is 6.14. The Balaban J connectivity index is 2.31. The standard InChI is InChI=1S/C37H56N8O12/c1-19(2)15-24(42-34(53)25(16-21-9-6-5-7-10-21)41-31(50)22(38)17-29(48)49)33(52)40-23(12-13-28(39)47)32(51)44-30(20(3)4)35(54)43-26(18-46)36(55)45-14-8-11-27(45)37(56)57/h5-7,9-10,19-20,22-27,30,46H,8,11-18,38H2,1-4H3,(H2,39,47)(H,40,52)(H,41,50)(H,42,53)(H,43,54)(H,44,51)(H,48,49)(H,56,57)/t22-,23-,24-,25-,26-,27-,30-/m0/s1. The van der Waals surface area contributed by atoms with Crippen molar-refractivity contribution in [3.8, 4) is 0 Å². The lowest BCUT2D eigenvalue weighted by Crippen LogP contribution is -2.61. The SMILES string of the molecule is CC(C)C[C@H](NC(=O)[C@H](Cc1ccccc1)NC(=O)[C@@H](N)CC(=O)O)C(=O)N[C@@H](CCC(N)=O)C(=O)N[C@H](C(=O)N[C@@H](CO)C(=O)N1CCC[C@H]1C(=O)O)C(C)C. The van der Waals surface area contributed by atoms with Gasteiger partial charge in [-0.15, -0.1) is 0 Å². The minimum Gasteiger partial charge on any atom is -0.481 e. The molecule has 2 rings (SSSR count). The molecule has 7 atom stereocenters. The number of rotatable bonds is 23. The zero-order valence-electron chi connectivity index (χ0n) is 32.6. The third kappa shape index (κ3) is 15.4. The van der Waals surface area contributed by atoms with Gasteiger partial charge in [-0.05, 0) is 43.1 Å². The third-order valence-electron chi connectivity index (χ3n) is 9.16. The van der Waals surface area contributed by atoms with Gasteiger partial charge < -0.3 is 58.3 Å². The molecule has 57 heavy (non-hydrogen) atoms. The maximum absolute atomic E-state index is 13.8. The van der Waals surface area contributed by atoms with E-state index in [1.807, 2.05) is 0 Å². The van der Waals surface area contributed by atoms with Gasteiger partial charge in [0.2, 0.25) is 41.4 Å². The summed E-state index contributed by atoms with van der Waals surface area (Å²) in [6.07, 6.45) is -0.804. The molecule has 20 nitrogen and oxygen atoms in total. The number of primary amides is 1. The average molecular weight is 805 g/mol. The number of nitrogens with two attached hydrogens (primary N) is 2. The normalized spacial score (nSPS) is 17.0. The molecule has 316 valence electrons. The van der Waals surface area contributed by atoms with E-state index in [9.17, 15) is 53.4 Å². The molecule has 12 N–H and O–H groups in total. The van der Waals surface area contributed by atoms with Crippen LogP contribution in [0.2, 0.25) is 0 Å². The highest BCUT2D eigenvalue weighted by Crippen LogP contribution is 2.19. The van der Waals surface area contributed by atoms with Crippen molar-refractivity contribution in [2.45, 2.75) is 115 Å². The van der Waals surface area contributed by atoms with E-state index < -0.39 is 115 Å². The number of carbonyl (C=O) groups is 9. The van der Waals surface area contributed by atoms with Crippen molar-refractivity contribution >= 4 is 53.3 Å². The molecule has 1 aromatic carbocycles. The van der Waals surface area contributed by atoms with E-state index in [0.717, 1.165) is 4.90 Å². The van der Waals surface area contributed by atoms with Crippen LogP contribution in [-0.4, -0.2) is 129 Å². The van der Waals surface area contributed by atoms with Crippen LogP contribution in [0, 0.1) is 11.8 Å². The summed E-state index contributed by atoms with van der Waals surface area (Å²) < 4.78 is 0. The highest BCUT2D eigenvalue weighted by Gasteiger charge is 2.39. The molecule has 20 heteroatoms. The maximum Gasteiger partial charge on any atom is 0.326 e. The minimum atomic E-state index is -1.52. The van der Waals surface area contributed by atoms with Gasteiger partial charge in [-0.1, -0.05) is 58.0 Å². The number of aliphatic hydroxyl groups excluding tert-OH is 1. The zero-order chi connectivity index (χ0) is 43.0. The molecule has 1 aromatic rings. The second kappa shape index (κ2) is 22.8. The summed E-state index contributed by atoms with van der Waals surface area (Å²) in [6, 6.07) is -1.02. The van der Waals surface area contributed by atoms with Gasteiger partial charge in [-0.25, -0.2) is 4.79 Å². The fraction of sp³-hybridized carbons (Fsp3) is 0.595. The minimum absolute atomic E-state index is 0.0413. The first-order valence-electron chi connectivity index (χ1n) is 18.7. The smallest absolute Gasteiger partial charge is 0.326 e. The Hall–Kier alpha value is -5.63. The Bertz CT molecular complexity index is 1610. The highest BCUT2D eigenvalue weighted by molar-refractivity contribution is 5.97. The van der Waals surface area contributed by atoms with Gasteiger partial charge in [-0.2, -0.15) is 0 Å². The first kappa shape index (κ1) is 47.5. The number of carboxylic acids is 2. The lowest BCUT2D eigenvalue weighted by molar-refractivity contribution is -0.150. The summed E-state index contributed by atoms with van der Waals surface area (Å²) in [5, 5.41) is 41.0. The van der Waals surface area contributed by atoms with Gasteiger partial charge in [0.25, 0.3) is 0 Å². The van der Waals surface area contributed by atoms with Crippen LogP contribution in [0.15, 0.2) is 30.3 Å². The molecule has 0 bridgehead atoms. The van der Waals surface area contributed by atoms with Crippen molar-refractivity contribution in [2.24, 2.45) is 23.3 Å². The van der Waals surface area contributed by atoms with Crippen LogP contribution in [0.5, 0.6) is 0 Å². The molecule has 0 aliphatic carbocycles. The Kier molecular flexibility index (Phi) is 19.0. The van der Waals surface area contributed by atoms with Gasteiger partial charge in [0.05, 0.1) is 19.1 Å². The molecule has 7 amide bonds. The van der Waals surface area contributed by atoms with Crippen molar-refractivity contribution in [1.82, 2.24) is 31.5 Å². The second-order valence-corrected chi connectivity index (χ2v) is 14.7. The fourth-order valence-corrected chi connectivity index (χ4v) is 6.14. The van der Waals surface area contributed by atoms with Gasteiger partial charge >= 0.3 is 11.9 Å². The van der Waals surface area contributed by atoms with Gasteiger partial charge in [0, 0.05) is 19.4 Å². The molecule has 1 saturated heterocycles. The van der Waals surface area contributed by atoms with Crippen LogP contribution in [0.1, 0.15) is 71.8 Å². The number of carboxylic acid groups (broad SMARTS) is 2. The van der Waals surface area contributed by atoms with E-state index in [1.165, 1.54) is 0 Å². The molecule has 1 heterocycles. The lowest BCUT2D eigenvalue weighted by Gasteiger charge is -2.30. The maximum atomic E-state index is 13.8. The summed E-state index contributed by atoms with van der Waals surface area (Å²) in [5.74, 6) is -9.41. The number of amides is 7. The monoisotopic (exact) mass is 804 g/mol. The van der Waals surface area contributed by atoms with E-state index in [-0.39, 0.29) is 44.6 Å². The number of nitrogens with zero attached hydrogens (tertiary/aromatic N) is 1. The van der Waals surface area contributed by atoms with E-state index in [4.69, 9.17) is 16.6 Å². The first-order chi connectivity index (χ1) is 26.7. The van der Waals surface area contributed by atoms with Crippen molar-refractivity contribution in [3.63, 3.8) is 0 Å². The number of carbonyl (C=O) groups excluding carboxylic acids is 7. The summed E-state index contributed by atoms with van der Waals surface area (Å²) in [4.78, 5) is 116. The highest BCUT2D eigenvalue weighted by atomic mass is 16.4. The second-order valence-electron chi connectivity index (χ2n) is 14.7. The Morgan fingerprint density at radius 2 is 1.33 bits per heavy atom. The van der Waals surface area contributed by atoms with Crippen LogP contribution in [0.25, 0.3) is 0 Å². The van der Waals surface area contributed by atoms with Crippen molar-refractivity contribution in [3.05, 3.63) is 35.9 Å². The van der Waals surface area contributed by atoms with Crippen LogP contribution < -0.4 is 38.1 Å². The number of aliphatic hydroxyl groups is 1.